The van der Waals surface area contributed by atoms with Gasteiger partial charge in [0.25, 0.3) is 10.0 Å². The predicted octanol–water partition coefficient (Wildman–Crippen LogP) is 3.33. The number of primary amides is 2. The fourth-order valence-electron chi connectivity index (χ4n) is 2.83. The molecule has 1 unspecified atom stereocenters. The molecule has 31 heavy (non-hydrogen) atoms. The second-order valence-corrected chi connectivity index (χ2v) is 8.73. The van der Waals surface area contributed by atoms with Crippen molar-refractivity contribution in [3.8, 4) is 0 Å². The maximum atomic E-state index is 12.1. The number of amides is 4. The van der Waals surface area contributed by atoms with Gasteiger partial charge in [-0.05, 0) is 42.7 Å². The Morgan fingerprint density at radius 3 is 2.35 bits per heavy atom. The molecule has 0 fully saturated rings. The fraction of sp³-hybridized carbons (Fsp3) is 0.429. The van der Waals surface area contributed by atoms with Crippen LogP contribution in [0, 0.1) is 6.92 Å². The number of urea groups is 2. The molecule has 172 valence electrons. The van der Waals surface area contributed by atoms with Gasteiger partial charge in [0.05, 0.1) is 11.2 Å². The van der Waals surface area contributed by atoms with E-state index in [0.717, 1.165) is 24.3 Å². The number of benzene rings is 1. The van der Waals surface area contributed by atoms with Crippen LogP contribution in [0.3, 0.4) is 0 Å². The van der Waals surface area contributed by atoms with Gasteiger partial charge in [0.1, 0.15) is 5.76 Å². The molecule has 0 radical (unpaired) electrons. The maximum absolute atomic E-state index is 12.1. The van der Waals surface area contributed by atoms with Crippen LogP contribution in [0.15, 0.2) is 45.9 Å². The van der Waals surface area contributed by atoms with E-state index in [0.29, 0.717) is 5.56 Å². The molecular formula is C21H32N4O5S. The van der Waals surface area contributed by atoms with E-state index < -0.39 is 22.1 Å². The number of nitrogens with two attached hydrogens (primary N) is 2. The van der Waals surface area contributed by atoms with Crippen molar-refractivity contribution in [2.24, 2.45) is 11.5 Å². The molecule has 2 aromatic rings. The number of furan rings is 1. The van der Waals surface area contributed by atoms with Crippen LogP contribution in [0.2, 0.25) is 0 Å². The van der Waals surface area contributed by atoms with Crippen molar-refractivity contribution < 1.29 is 22.4 Å². The predicted molar refractivity (Wildman–Crippen MR) is 119 cm³/mol. The largest absolute Gasteiger partial charge is 0.469 e. The molecule has 0 saturated heterocycles. The molecule has 1 heterocycles. The zero-order valence-corrected chi connectivity index (χ0v) is 19.0. The molecule has 2 rings (SSSR count). The van der Waals surface area contributed by atoms with Crippen LogP contribution in [0.5, 0.6) is 0 Å². The van der Waals surface area contributed by atoms with E-state index in [4.69, 9.17) is 15.9 Å². The number of rotatable bonds is 9. The number of carbonyl (C=O) groups excluding carboxylic acids is 2. The van der Waals surface area contributed by atoms with Crippen molar-refractivity contribution in [2.45, 2.75) is 57.3 Å². The van der Waals surface area contributed by atoms with E-state index in [1.54, 1.807) is 30.0 Å². The first-order valence-corrected chi connectivity index (χ1v) is 11.6. The Kier molecular flexibility index (Phi) is 10.6. The standard InChI is InChI=1S/C14H16N2O4S.C7H16N2O/c1-9-5-6-11(10(2)12-4-3-7-20-12)8-13(9)21(18,19)16-14(15)17;1-2-3-4-5-6-9-7(8)10/h3-8,10H,1-2H3,(H3,15,16,17);2-6H2,1H3,(H3,8,9,10). The minimum atomic E-state index is -3.97. The van der Waals surface area contributed by atoms with Crippen molar-refractivity contribution in [1.82, 2.24) is 10.0 Å². The Bertz CT molecular complexity index is 943. The van der Waals surface area contributed by atoms with Gasteiger partial charge in [0.2, 0.25) is 0 Å². The van der Waals surface area contributed by atoms with Crippen LogP contribution < -0.4 is 21.5 Å². The summed E-state index contributed by atoms with van der Waals surface area (Å²) in [5.41, 5.74) is 11.0. The first-order valence-electron chi connectivity index (χ1n) is 10.1. The Morgan fingerprint density at radius 1 is 1.10 bits per heavy atom. The lowest BCUT2D eigenvalue weighted by atomic mass is 9.98. The quantitative estimate of drug-likeness (QED) is 0.429. The van der Waals surface area contributed by atoms with Gasteiger partial charge in [-0.1, -0.05) is 45.2 Å². The summed E-state index contributed by atoms with van der Waals surface area (Å²) in [6.07, 6.45) is 6.23. The van der Waals surface area contributed by atoms with E-state index in [9.17, 15) is 18.0 Å². The molecule has 0 saturated carbocycles. The molecule has 0 spiro atoms. The van der Waals surface area contributed by atoms with Crippen molar-refractivity contribution in [2.75, 3.05) is 6.54 Å². The SMILES string of the molecule is CCCCCCNC(N)=O.Cc1ccc(C(C)c2ccco2)cc1S(=O)(=O)NC(N)=O. The summed E-state index contributed by atoms with van der Waals surface area (Å²) in [5, 5.41) is 2.54. The first kappa shape index (κ1) is 26.0. The smallest absolute Gasteiger partial charge is 0.326 e. The molecule has 1 atom stereocenters. The third kappa shape index (κ3) is 9.12. The molecule has 6 N–H and O–H groups in total. The normalized spacial score (nSPS) is 11.7. The van der Waals surface area contributed by atoms with Crippen LogP contribution in [-0.4, -0.2) is 27.0 Å². The summed E-state index contributed by atoms with van der Waals surface area (Å²) in [5.74, 6) is 0.619. The lowest BCUT2D eigenvalue weighted by Gasteiger charge is -2.13. The van der Waals surface area contributed by atoms with Crippen molar-refractivity contribution in [3.63, 3.8) is 0 Å². The van der Waals surface area contributed by atoms with Crippen LogP contribution in [0.4, 0.5) is 9.59 Å². The minimum Gasteiger partial charge on any atom is -0.469 e. The van der Waals surface area contributed by atoms with Gasteiger partial charge in [-0.25, -0.2) is 22.7 Å². The minimum absolute atomic E-state index is 0.0252. The first-order chi connectivity index (χ1) is 14.6. The lowest BCUT2D eigenvalue weighted by Crippen LogP contribution is -2.35. The number of nitrogens with one attached hydrogen (secondary N) is 2. The molecular weight excluding hydrogens is 420 g/mol. The topological polar surface area (TPSA) is 158 Å². The van der Waals surface area contributed by atoms with Gasteiger partial charge in [-0.3, -0.25) is 0 Å². The van der Waals surface area contributed by atoms with Crippen molar-refractivity contribution in [1.29, 1.82) is 0 Å². The lowest BCUT2D eigenvalue weighted by molar-refractivity contribution is 0.248. The Hall–Kier alpha value is -3.01. The summed E-state index contributed by atoms with van der Waals surface area (Å²) in [6.45, 7) is 6.43. The number of hydrogen-bond acceptors (Lipinski definition) is 5. The highest BCUT2D eigenvalue weighted by Gasteiger charge is 2.21. The highest BCUT2D eigenvalue weighted by molar-refractivity contribution is 7.90. The summed E-state index contributed by atoms with van der Waals surface area (Å²) in [4.78, 5) is 21.0. The molecule has 0 aliphatic heterocycles. The third-order valence-corrected chi connectivity index (χ3v) is 6.02. The Balaban J connectivity index is 0.000000407. The van der Waals surface area contributed by atoms with Crippen LogP contribution in [0.25, 0.3) is 0 Å². The summed E-state index contributed by atoms with van der Waals surface area (Å²) < 4.78 is 31.3. The second-order valence-electron chi connectivity index (χ2n) is 7.08. The summed E-state index contributed by atoms with van der Waals surface area (Å²) in [7, 11) is -3.97. The molecule has 9 nitrogen and oxygen atoms in total. The molecule has 1 aromatic heterocycles. The van der Waals surface area contributed by atoms with E-state index in [-0.39, 0.29) is 10.8 Å². The van der Waals surface area contributed by atoms with E-state index in [1.165, 1.54) is 25.3 Å². The molecule has 0 aliphatic rings. The van der Waals surface area contributed by atoms with E-state index >= 15 is 0 Å². The van der Waals surface area contributed by atoms with Gasteiger partial charge >= 0.3 is 12.1 Å². The Labute approximate surface area is 183 Å². The number of sulfonamides is 1. The Morgan fingerprint density at radius 2 is 1.81 bits per heavy atom. The number of aryl methyl sites for hydroxylation is 1. The van der Waals surface area contributed by atoms with Gasteiger partial charge in [-0.2, -0.15) is 0 Å². The van der Waals surface area contributed by atoms with E-state index in [1.807, 2.05) is 19.1 Å². The summed E-state index contributed by atoms with van der Waals surface area (Å²) >= 11 is 0. The number of carbonyl (C=O) groups is 2. The monoisotopic (exact) mass is 452 g/mol. The van der Waals surface area contributed by atoms with E-state index in [2.05, 4.69) is 12.2 Å². The van der Waals surface area contributed by atoms with Crippen LogP contribution in [0.1, 0.15) is 62.3 Å². The maximum Gasteiger partial charge on any atom is 0.326 e. The average Bonchev–Trinajstić information content (AvgIpc) is 3.21. The molecule has 0 bridgehead atoms. The second kappa shape index (κ2) is 12.6. The van der Waals surface area contributed by atoms with Gasteiger partial charge in [0, 0.05) is 12.5 Å². The zero-order chi connectivity index (χ0) is 23.4. The third-order valence-electron chi connectivity index (χ3n) is 4.54. The molecule has 0 aliphatic carbocycles. The molecule has 4 amide bonds. The molecule has 10 heteroatoms. The fourth-order valence-corrected chi connectivity index (χ4v) is 3.99. The highest BCUT2D eigenvalue weighted by Crippen LogP contribution is 2.27. The van der Waals surface area contributed by atoms with Crippen molar-refractivity contribution in [3.05, 3.63) is 53.5 Å². The number of hydrogen-bond donors (Lipinski definition) is 4. The number of unbranched alkanes of at least 4 members (excludes halogenated alkanes) is 3. The van der Waals surface area contributed by atoms with Crippen LogP contribution in [-0.2, 0) is 10.0 Å². The van der Waals surface area contributed by atoms with Crippen LogP contribution >= 0.6 is 0 Å². The zero-order valence-electron chi connectivity index (χ0n) is 18.2. The average molecular weight is 453 g/mol. The molecule has 1 aromatic carbocycles. The van der Waals surface area contributed by atoms with Gasteiger partial charge in [0.15, 0.2) is 0 Å². The highest BCUT2D eigenvalue weighted by atomic mass is 32.2. The summed E-state index contributed by atoms with van der Waals surface area (Å²) in [6, 6.07) is 7.09. The van der Waals surface area contributed by atoms with Gasteiger partial charge in [-0.15, -0.1) is 0 Å². The van der Waals surface area contributed by atoms with Gasteiger partial charge < -0.3 is 21.2 Å². The van der Waals surface area contributed by atoms with Crippen molar-refractivity contribution >= 4 is 22.1 Å².